The molecule has 0 saturated carbocycles. The van der Waals surface area contributed by atoms with Crippen LogP contribution in [0.15, 0.2) is 12.1 Å². The van der Waals surface area contributed by atoms with Crippen molar-refractivity contribution in [2.75, 3.05) is 33.2 Å². The topological polar surface area (TPSA) is 27.3 Å². The molecule has 3 nitrogen and oxygen atoms in total. The van der Waals surface area contributed by atoms with E-state index in [-0.39, 0.29) is 0 Å². The number of piperazine rings is 1. The summed E-state index contributed by atoms with van der Waals surface area (Å²) >= 11 is 7.53. The highest BCUT2D eigenvalue weighted by Gasteiger charge is 2.17. The Hall–Kier alpha value is -0.130. The summed E-state index contributed by atoms with van der Waals surface area (Å²) in [5, 5.41) is 6.90. The molecule has 0 radical (unpaired) electrons. The third-order valence-electron chi connectivity index (χ3n) is 2.95. The summed E-state index contributed by atoms with van der Waals surface area (Å²) < 4.78 is 0.869. The highest BCUT2D eigenvalue weighted by atomic mass is 35.5. The number of thiophene rings is 1. The molecule has 0 aliphatic carbocycles. The molecule has 1 aromatic heterocycles. The summed E-state index contributed by atoms with van der Waals surface area (Å²) in [6, 6.07) is 4.64. The zero-order valence-electron chi connectivity index (χ0n) is 9.50. The summed E-state index contributed by atoms with van der Waals surface area (Å²) in [5.41, 5.74) is 0. The third-order valence-corrected chi connectivity index (χ3v) is 4.18. The van der Waals surface area contributed by atoms with E-state index >= 15 is 0 Å². The maximum atomic E-state index is 5.88. The van der Waals surface area contributed by atoms with Gasteiger partial charge in [0.05, 0.1) is 4.34 Å². The van der Waals surface area contributed by atoms with Crippen molar-refractivity contribution >= 4 is 22.9 Å². The average Bonchev–Trinajstić information content (AvgIpc) is 2.67. The Morgan fingerprint density at radius 1 is 1.62 bits per heavy atom. The van der Waals surface area contributed by atoms with Gasteiger partial charge in [-0.25, -0.2) is 0 Å². The van der Waals surface area contributed by atoms with Crippen LogP contribution >= 0.6 is 22.9 Å². The van der Waals surface area contributed by atoms with Gasteiger partial charge in [-0.05, 0) is 19.2 Å². The van der Waals surface area contributed by atoms with Gasteiger partial charge in [0.25, 0.3) is 0 Å². The van der Waals surface area contributed by atoms with Crippen LogP contribution in [0.25, 0.3) is 0 Å². The van der Waals surface area contributed by atoms with E-state index in [0.717, 1.165) is 37.1 Å². The standard InChI is InChI=1S/C11H18ClN3S/c1-15-5-4-13-6-9(15)7-14-8-10-2-3-11(12)16-10/h2-3,9,13-14H,4-8H2,1H3. The van der Waals surface area contributed by atoms with Gasteiger partial charge in [-0.1, -0.05) is 11.6 Å². The fourth-order valence-electron chi connectivity index (χ4n) is 1.90. The molecule has 2 heterocycles. The van der Waals surface area contributed by atoms with Crippen LogP contribution in [0.5, 0.6) is 0 Å². The number of halogens is 1. The lowest BCUT2D eigenvalue weighted by Crippen LogP contribution is -2.53. The van der Waals surface area contributed by atoms with Gasteiger partial charge in [0.1, 0.15) is 0 Å². The minimum atomic E-state index is 0.601. The molecule has 0 bridgehead atoms. The zero-order chi connectivity index (χ0) is 11.4. The lowest BCUT2D eigenvalue weighted by atomic mass is 10.2. The van der Waals surface area contributed by atoms with E-state index in [1.165, 1.54) is 4.88 Å². The number of nitrogens with one attached hydrogen (secondary N) is 2. The van der Waals surface area contributed by atoms with E-state index in [0.29, 0.717) is 6.04 Å². The van der Waals surface area contributed by atoms with Gasteiger partial charge in [0.2, 0.25) is 0 Å². The first kappa shape index (κ1) is 12.3. The fraction of sp³-hybridized carbons (Fsp3) is 0.636. The predicted octanol–water partition coefficient (Wildman–Crippen LogP) is 1.39. The third kappa shape index (κ3) is 3.43. The van der Waals surface area contributed by atoms with E-state index in [1.54, 1.807) is 11.3 Å². The normalized spacial score (nSPS) is 22.5. The highest BCUT2D eigenvalue weighted by Crippen LogP contribution is 2.20. The molecular weight excluding hydrogens is 242 g/mol. The van der Waals surface area contributed by atoms with Crippen LogP contribution < -0.4 is 10.6 Å². The Morgan fingerprint density at radius 3 is 3.19 bits per heavy atom. The molecule has 5 heteroatoms. The zero-order valence-corrected chi connectivity index (χ0v) is 11.1. The first-order valence-corrected chi connectivity index (χ1v) is 6.81. The lowest BCUT2D eigenvalue weighted by molar-refractivity contribution is 0.195. The number of hydrogen-bond donors (Lipinski definition) is 2. The highest BCUT2D eigenvalue weighted by molar-refractivity contribution is 7.16. The molecule has 0 amide bonds. The molecular formula is C11H18ClN3S. The van der Waals surface area contributed by atoms with Gasteiger partial charge in [0, 0.05) is 43.6 Å². The van der Waals surface area contributed by atoms with Gasteiger partial charge in [0.15, 0.2) is 0 Å². The maximum Gasteiger partial charge on any atom is 0.0931 e. The van der Waals surface area contributed by atoms with Crippen LogP contribution in [-0.2, 0) is 6.54 Å². The minimum absolute atomic E-state index is 0.601. The van der Waals surface area contributed by atoms with Gasteiger partial charge in [-0.2, -0.15) is 0 Å². The Labute approximate surface area is 106 Å². The second-order valence-corrected chi connectivity index (χ2v) is 5.97. The lowest BCUT2D eigenvalue weighted by Gasteiger charge is -2.33. The largest absolute Gasteiger partial charge is 0.314 e. The molecule has 1 unspecified atom stereocenters. The Morgan fingerprint density at radius 2 is 2.50 bits per heavy atom. The van der Waals surface area contributed by atoms with Crippen molar-refractivity contribution in [3.05, 3.63) is 21.3 Å². The van der Waals surface area contributed by atoms with Crippen molar-refractivity contribution in [3.63, 3.8) is 0 Å². The second-order valence-electron chi connectivity index (χ2n) is 4.18. The molecule has 0 spiro atoms. The second kappa shape index (κ2) is 5.98. The van der Waals surface area contributed by atoms with E-state index in [9.17, 15) is 0 Å². The van der Waals surface area contributed by atoms with Crippen LogP contribution in [0.1, 0.15) is 4.88 Å². The number of rotatable bonds is 4. The van der Waals surface area contributed by atoms with E-state index < -0.39 is 0 Å². The Balaban J connectivity index is 1.71. The molecule has 1 aliphatic rings. The Bertz CT molecular complexity index is 329. The van der Waals surface area contributed by atoms with Gasteiger partial charge in [-0.3, -0.25) is 4.90 Å². The molecule has 1 aliphatic heterocycles. The van der Waals surface area contributed by atoms with Crippen LogP contribution in [0.4, 0.5) is 0 Å². The van der Waals surface area contributed by atoms with Crippen molar-refractivity contribution in [1.29, 1.82) is 0 Å². The Kier molecular flexibility index (Phi) is 4.61. The smallest absolute Gasteiger partial charge is 0.0931 e. The van der Waals surface area contributed by atoms with Crippen molar-refractivity contribution in [1.82, 2.24) is 15.5 Å². The molecule has 2 rings (SSSR count). The van der Waals surface area contributed by atoms with Crippen molar-refractivity contribution in [2.45, 2.75) is 12.6 Å². The molecule has 0 aromatic carbocycles. The van der Waals surface area contributed by atoms with Gasteiger partial charge < -0.3 is 10.6 Å². The molecule has 16 heavy (non-hydrogen) atoms. The van der Waals surface area contributed by atoms with Crippen LogP contribution in [0.3, 0.4) is 0 Å². The van der Waals surface area contributed by atoms with Crippen molar-refractivity contribution in [3.8, 4) is 0 Å². The molecule has 90 valence electrons. The summed E-state index contributed by atoms with van der Waals surface area (Å²) in [5.74, 6) is 0. The first-order chi connectivity index (χ1) is 7.75. The summed E-state index contributed by atoms with van der Waals surface area (Å²) in [7, 11) is 2.19. The summed E-state index contributed by atoms with van der Waals surface area (Å²) in [6.45, 7) is 5.26. The van der Waals surface area contributed by atoms with Crippen LogP contribution in [0, 0.1) is 0 Å². The SMILES string of the molecule is CN1CCNCC1CNCc1ccc(Cl)s1. The van der Waals surface area contributed by atoms with Gasteiger partial charge in [-0.15, -0.1) is 11.3 Å². The fourth-order valence-corrected chi connectivity index (χ4v) is 2.96. The molecule has 1 atom stereocenters. The van der Waals surface area contributed by atoms with Crippen LogP contribution in [-0.4, -0.2) is 44.2 Å². The van der Waals surface area contributed by atoms with E-state index in [4.69, 9.17) is 11.6 Å². The van der Waals surface area contributed by atoms with E-state index in [2.05, 4.69) is 28.6 Å². The predicted molar refractivity (Wildman–Crippen MR) is 70.3 cm³/mol. The van der Waals surface area contributed by atoms with E-state index in [1.807, 2.05) is 6.07 Å². The molecule has 1 saturated heterocycles. The quantitative estimate of drug-likeness (QED) is 0.856. The maximum absolute atomic E-state index is 5.88. The monoisotopic (exact) mass is 259 g/mol. The first-order valence-electron chi connectivity index (χ1n) is 5.61. The molecule has 1 fully saturated rings. The number of hydrogen-bond acceptors (Lipinski definition) is 4. The molecule has 2 N–H and O–H groups in total. The van der Waals surface area contributed by atoms with Crippen molar-refractivity contribution < 1.29 is 0 Å². The summed E-state index contributed by atoms with van der Waals surface area (Å²) in [4.78, 5) is 3.71. The molecule has 1 aromatic rings. The average molecular weight is 260 g/mol. The van der Waals surface area contributed by atoms with Gasteiger partial charge >= 0.3 is 0 Å². The number of nitrogens with zero attached hydrogens (tertiary/aromatic N) is 1. The summed E-state index contributed by atoms with van der Waals surface area (Å²) in [6.07, 6.45) is 0. The minimum Gasteiger partial charge on any atom is -0.314 e. The van der Waals surface area contributed by atoms with Crippen molar-refractivity contribution in [2.24, 2.45) is 0 Å². The number of likely N-dealkylation sites (N-methyl/N-ethyl adjacent to an activating group) is 1. The van der Waals surface area contributed by atoms with Crippen LogP contribution in [0.2, 0.25) is 4.34 Å².